The molecule has 0 saturated heterocycles. The van der Waals surface area contributed by atoms with E-state index in [1.54, 1.807) is 18.2 Å². The number of aromatic nitrogens is 1. The predicted molar refractivity (Wildman–Crippen MR) is 105 cm³/mol. The van der Waals surface area contributed by atoms with Crippen LogP contribution in [0.15, 0.2) is 66.7 Å². The monoisotopic (exact) mass is 376 g/mol. The highest BCUT2D eigenvalue weighted by molar-refractivity contribution is 5.93. The van der Waals surface area contributed by atoms with Crippen molar-refractivity contribution in [3.05, 3.63) is 78.0 Å². The minimum Gasteiger partial charge on any atom is -0.451 e. The number of amides is 1. The van der Waals surface area contributed by atoms with Gasteiger partial charge in [-0.25, -0.2) is 9.78 Å². The minimum atomic E-state index is -0.691. The molecule has 0 saturated carbocycles. The van der Waals surface area contributed by atoms with Gasteiger partial charge in [-0.15, -0.1) is 0 Å². The summed E-state index contributed by atoms with van der Waals surface area (Å²) in [6.45, 7) is 0.935. The molecule has 6 nitrogen and oxygen atoms in total. The molecule has 0 aliphatic rings. The van der Waals surface area contributed by atoms with Gasteiger partial charge in [0.2, 0.25) is 0 Å². The van der Waals surface area contributed by atoms with Gasteiger partial charge in [-0.2, -0.15) is 0 Å². The lowest BCUT2D eigenvalue weighted by atomic mass is 10.0. The lowest BCUT2D eigenvalue weighted by Crippen LogP contribution is -2.43. The molecule has 0 bridgehead atoms. The maximum absolute atomic E-state index is 12.2. The summed E-state index contributed by atoms with van der Waals surface area (Å²) in [6, 6.07) is 19.4. The van der Waals surface area contributed by atoms with Gasteiger partial charge < -0.3 is 10.1 Å². The number of fused-ring (bicyclic) bond motifs is 1. The van der Waals surface area contributed by atoms with Crippen molar-refractivity contribution in [2.75, 3.05) is 6.61 Å². The van der Waals surface area contributed by atoms with Crippen molar-refractivity contribution in [2.45, 2.75) is 19.4 Å². The fourth-order valence-electron chi connectivity index (χ4n) is 2.77. The highest BCUT2D eigenvalue weighted by Crippen LogP contribution is 2.12. The molecule has 0 aliphatic heterocycles. The van der Waals surface area contributed by atoms with Gasteiger partial charge >= 0.3 is 5.97 Å². The summed E-state index contributed by atoms with van der Waals surface area (Å²) in [5.74, 6) is -1.40. The Balaban J connectivity index is 1.57. The van der Waals surface area contributed by atoms with Crippen molar-refractivity contribution in [1.29, 1.82) is 0 Å². The second-order valence-corrected chi connectivity index (χ2v) is 6.39. The van der Waals surface area contributed by atoms with Crippen LogP contribution in [0, 0.1) is 0 Å². The van der Waals surface area contributed by atoms with Crippen LogP contribution in [0.4, 0.5) is 0 Å². The fraction of sp³-hybridized carbons (Fsp3) is 0.182. The smallest absolute Gasteiger partial charge is 0.357 e. The summed E-state index contributed by atoms with van der Waals surface area (Å²) >= 11 is 0. The molecule has 1 atom stereocenters. The Morgan fingerprint density at radius 1 is 0.964 bits per heavy atom. The van der Waals surface area contributed by atoms with Crippen LogP contribution in [0.1, 0.15) is 23.0 Å². The summed E-state index contributed by atoms with van der Waals surface area (Å²) in [5, 5.41) is 3.52. The molecule has 1 amide bonds. The van der Waals surface area contributed by atoms with E-state index >= 15 is 0 Å². The summed E-state index contributed by atoms with van der Waals surface area (Å²) in [4.78, 5) is 40.4. The second-order valence-electron chi connectivity index (χ2n) is 6.39. The lowest BCUT2D eigenvalue weighted by Gasteiger charge is -2.16. The number of hydrogen-bond donors (Lipinski definition) is 1. The topological polar surface area (TPSA) is 85.4 Å². The molecule has 1 heterocycles. The standard InChI is InChI=1S/C22H20N2O4/c1-15(25)20(13-16-7-3-2-4-8-16)24-21(26)14-28-22(27)19-12-11-17-9-5-6-10-18(17)23-19/h2-12,20H,13-14H2,1H3,(H,24,26)/t20-/m0/s1. The first kappa shape index (κ1) is 19.2. The van der Waals surface area contributed by atoms with Crippen LogP contribution in [0.5, 0.6) is 0 Å². The van der Waals surface area contributed by atoms with Gasteiger partial charge in [0.15, 0.2) is 12.4 Å². The van der Waals surface area contributed by atoms with E-state index < -0.39 is 24.5 Å². The minimum absolute atomic E-state index is 0.124. The molecule has 2 aromatic carbocycles. The average Bonchev–Trinajstić information content (AvgIpc) is 2.72. The molecule has 0 unspecified atom stereocenters. The zero-order valence-electron chi connectivity index (χ0n) is 15.4. The zero-order valence-corrected chi connectivity index (χ0v) is 15.4. The molecular weight excluding hydrogens is 356 g/mol. The van der Waals surface area contributed by atoms with Crippen LogP contribution < -0.4 is 5.32 Å². The summed E-state index contributed by atoms with van der Waals surface area (Å²) in [6.07, 6.45) is 0.377. The van der Waals surface area contributed by atoms with Gasteiger partial charge in [-0.05, 0) is 31.0 Å². The second kappa shape index (κ2) is 8.90. The largest absolute Gasteiger partial charge is 0.451 e. The van der Waals surface area contributed by atoms with E-state index in [4.69, 9.17) is 4.74 Å². The number of Topliss-reactive ketones (excluding diaryl/α,β-unsaturated/α-hetero) is 1. The van der Waals surface area contributed by atoms with E-state index in [0.29, 0.717) is 11.9 Å². The van der Waals surface area contributed by atoms with Gasteiger partial charge in [0.1, 0.15) is 5.69 Å². The molecular formula is C22H20N2O4. The Hall–Kier alpha value is -3.54. The molecule has 6 heteroatoms. The molecule has 28 heavy (non-hydrogen) atoms. The van der Waals surface area contributed by atoms with Gasteiger partial charge in [-0.3, -0.25) is 9.59 Å². The van der Waals surface area contributed by atoms with Crippen molar-refractivity contribution < 1.29 is 19.1 Å². The number of ether oxygens (including phenoxy) is 1. The Morgan fingerprint density at radius 3 is 2.43 bits per heavy atom. The summed E-state index contributed by atoms with van der Waals surface area (Å²) < 4.78 is 5.04. The Morgan fingerprint density at radius 2 is 1.68 bits per heavy atom. The lowest BCUT2D eigenvalue weighted by molar-refractivity contribution is -0.128. The van der Waals surface area contributed by atoms with Crippen LogP contribution in [0.25, 0.3) is 10.9 Å². The van der Waals surface area contributed by atoms with Crippen LogP contribution in [-0.2, 0) is 20.7 Å². The normalized spacial score (nSPS) is 11.6. The van der Waals surface area contributed by atoms with E-state index in [-0.39, 0.29) is 11.5 Å². The van der Waals surface area contributed by atoms with Gasteiger partial charge in [0, 0.05) is 5.39 Å². The van der Waals surface area contributed by atoms with Crippen molar-refractivity contribution >= 4 is 28.6 Å². The first-order chi connectivity index (χ1) is 13.5. The first-order valence-electron chi connectivity index (χ1n) is 8.89. The third-order valence-corrected chi connectivity index (χ3v) is 4.25. The SMILES string of the molecule is CC(=O)[C@H](Cc1ccccc1)NC(=O)COC(=O)c1ccc2ccccc2n1. The van der Waals surface area contributed by atoms with E-state index in [1.807, 2.05) is 48.5 Å². The zero-order chi connectivity index (χ0) is 19.9. The molecule has 3 aromatic rings. The average molecular weight is 376 g/mol. The molecule has 1 aromatic heterocycles. The number of carbonyl (C=O) groups is 3. The van der Waals surface area contributed by atoms with E-state index in [2.05, 4.69) is 10.3 Å². The molecule has 0 fully saturated rings. The molecule has 3 rings (SSSR count). The number of hydrogen-bond acceptors (Lipinski definition) is 5. The number of benzene rings is 2. The summed E-state index contributed by atoms with van der Waals surface area (Å²) in [5.41, 5.74) is 1.72. The molecule has 0 spiro atoms. The quantitative estimate of drug-likeness (QED) is 0.641. The van der Waals surface area contributed by atoms with Crippen molar-refractivity contribution in [1.82, 2.24) is 10.3 Å². The fourth-order valence-corrected chi connectivity index (χ4v) is 2.77. The third kappa shape index (κ3) is 5.01. The Bertz CT molecular complexity index is 1000. The number of para-hydroxylation sites is 1. The number of nitrogens with one attached hydrogen (secondary N) is 1. The van der Waals surface area contributed by atoms with Gasteiger partial charge in [-0.1, -0.05) is 54.6 Å². The van der Waals surface area contributed by atoms with E-state index in [0.717, 1.165) is 10.9 Å². The number of nitrogens with zero attached hydrogens (tertiary/aromatic N) is 1. The number of pyridine rings is 1. The Labute approximate surface area is 162 Å². The summed E-state index contributed by atoms with van der Waals surface area (Å²) in [7, 11) is 0. The highest BCUT2D eigenvalue weighted by Gasteiger charge is 2.19. The number of ketones is 1. The number of rotatable bonds is 7. The maximum atomic E-state index is 12.2. The van der Waals surface area contributed by atoms with Crippen molar-refractivity contribution in [3.8, 4) is 0 Å². The van der Waals surface area contributed by atoms with Crippen LogP contribution in [0.3, 0.4) is 0 Å². The van der Waals surface area contributed by atoms with Crippen molar-refractivity contribution in [2.24, 2.45) is 0 Å². The van der Waals surface area contributed by atoms with E-state index in [9.17, 15) is 14.4 Å². The molecule has 142 valence electrons. The predicted octanol–water partition coefficient (Wildman–Crippen LogP) is 2.71. The molecule has 0 aliphatic carbocycles. The number of carbonyl (C=O) groups excluding carboxylic acids is 3. The third-order valence-electron chi connectivity index (χ3n) is 4.25. The number of esters is 1. The van der Waals surface area contributed by atoms with E-state index in [1.165, 1.54) is 6.92 Å². The molecule has 0 radical (unpaired) electrons. The van der Waals surface area contributed by atoms with Crippen LogP contribution in [0.2, 0.25) is 0 Å². The van der Waals surface area contributed by atoms with Crippen LogP contribution in [-0.4, -0.2) is 35.3 Å². The maximum Gasteiger partial charge on any atom is 0.357 e. The molecule has 1 N–H and O–H groups in total. The van der Waals surface area contributed by atoms with Gasteiger partial charge in [0.25, 0.3) is 5.91 Å². The highest BCUT2D eigenvalue weighted by atomic mass is 16.5. The van der Waals surface area contributed by atoms with Crippen molar-refractivity contribution in [3.63, 3.8) is 0 Å². The van der Waals surface area contributed by atoms with Crippen LogP contribution >= 0.6 is 0 Å². The first-order valence-corrected chi connectivity index (χ1v) is 8.89. The Kier molecular flexibility index (Phi) is 6.11. The van der Waals surface area contributed by atoms with Gasteiger partial charge in [0.05, 0.1) is 11.6 Å².